The minimum Gasteiger partial charge on any atom is -0.487 e. The molecule has 37 heavy (non-hydrogen) atoms. The van der Waals surface area contributed by atoms with Crippen molar-refractivity contribution in [2.45, 2.75) is 51.3 Å². The van der Waals surface area contributed by atoms with Crippen molar-refractivity contribution in [2.75, 3.05) is 32.9 Å². The molecule has 1 aromatic heterocycles. The Morgan fingerprint density at radius 3 is 2.84 bits per heavy atom. The summed E-state index contributed by atoms with van der Waals surface area (Å²) in [4.78, 5) is 19.3. The van der Waals surface area contributed by atoms with Crippen LogP contribution in [0.4, 0.5) is 8.78 Å². The van der Waals surface area contributed by atoms with Crippen LogP contribution in [0.1, 0.15) is 44.0 Å². The van der Waals surface area contributed by atoms with E-state index in [1.54, 1.807) is 6.92 Å². The number of aromatic nitrogens is 1. The molecule has 0 radical (unpaired) electrons. The van der Waals surface area contributed by atoms with Crippen LogP contribution in [-0.4, -0.2) is 70.9 Å². The average Bonchev–Trinajstić information content (AvgIpc) is 3.20. The third kappa shape index (κ3) is 6.23. The number of halogens is 2. The summed E-state index contributed by atoms with van der Waals surface area (Å²) >= 11 is 0. The molecule has 2 aliphatic heterocycles. The van der Waals surface area contributed by atoms with Crippen LogP contribution in [-0.2, 0) is 16.0 Å². The number of para-hydroxylation sites is 1. The van der Waals surface area contributed by atoms with Gasteiger partial charge in [0.1, 0.15) is 17.7 Å². The molecule has 0 bridgehead atoms. The number of carbonyl (C=O) groups is 1. The molecule has 0 amide bonds. The molecule has 0 saturated carbocycles. The summed E-state index contributed by atoms with van der Waals surface area (Å²) in [5, 5.41) is 10.7. The van der Waals surface area contributed by atoms with Gasteiger partial charge in [0, 0.05) is 67.4 Å². The summed E-state index contributed by atoms with van der Waals surface area (Å²) in [6.45, 7) is 5.67. The minimum atomic E-state index is -0.877. The number of hydrogen-bond donors (Lipinski definition) is 2. The largest absolute Gasteiger partial charge is 0.487 e. The average molecular weight is 512 g/mol. The van der Waals surface area contributed by atoms with Gasteiger partial charge in [-0.25, -0.2) is 4.39 Å². The van der Waals surface area contributed by atoms with Crippen molar-refractivity contribution in [3.05, 3.63) is 59.3 Å². The van der Waals surface area contributed by atoms with E-state index in [0.29, 0.717) is 32.6 Å². The van der Waals surface area contributed by atoms with E-state index in [9.17, 15) is 14.3 Å². The van der Waals surface area contributed by atoms with Gasteiger partial charge < -0.3 is 14.8 Å². The lowest BCUT2D eigenvalue weighted by molar-refractivity contribution is -0.142. The highest BCUT2D eigenvalue weighted by atomic mass is 19.1. The summed E-state index contributed by atoms with van der Waals surface area (Å²) in [6.07, 6.45) is 9.38. The summed E-state index contributed by atoms with van der Waals surface area (Å²) in [6, 6.07) is 7.68. The second-order valence-corrected chi connectivity index (χ2v) is 10.1. The Labute approximate surface area is 217 Å². The molecule has 2 aliphatic rings. The number of likely N-dealkylation sites (tertiary alicyclic amines) is 1. The van der Waals surface area contributed by atoms with Crippen molar-refractivity contribution in [1.82, 2.24) is 14.8 Å². The van der Waals surface area contributed by atoms with Crippen molar-refractivity contribution in [3.8, 4) is 12.3 Å². The van der Waals surface area contributed by atoms with Gasteiger partial charge in [0.15, 0.2) is 0 Å². The molecule has 3 atom stereocenters. The number of hydrogen-bond acceptors (Lipinski definition) is 4. The second-order valence-electron chi connectivity index (χ2n) is 10.1. The number of rotatable bonds is 11. The van der Waals surface area contributed by atoms with Crippen molar-refractivity contribution < 1.29 is 23.4 Å². The summed E-state index contributed by atoms with van der Waals surface area (Å²) in [5.74, 6) is 0.831. The second kappa shape index (κ2) is 11.9. The maximum absolute atomic E-state index is 15.6. The van der Waals surface area contributed by atoms with E-state index in [2.05, 4.69) is 33.7 Å². The monoisotopic (exact) mass is 511 g/mol. The number of ether oxygens (including phenoxy) is 1. The minimum absolute atomic E-state index is 0.0357. The maximum atomic E-state index is 15.6. The number of alkyl halides is 1. The highest BCUT2D eigenvalue weighted by Crippen LogP contribution is 2.41. The Morgan fingerprint density at radius 2 is 2.14 bits per heavy atom. The predicted molar refractivity (Wildman–Crippen MR) is 140 cm³/mol. The molecule has 0 aliphatic carbocycles. The SMILES string of the molecule is C#C/C=C(\C=C(\F)CC1c2[nH]c3ccccc3c2CC(C)N1CC(C)C(=O)O)OC1CN(CCCF)C1. The van der Waals surface area contributed by atoms with Gasteiger partial charge in [0.2, 0.25) is 0 Å². The predicted octanol–water partition coefficient (Wildman–Crippen LogP) is 5.00. The first-order chi connectivity index (χ1) is 17.8. The summed E-state index contributed by atoms with van der Waals surface area (Å²) in [5.41, 5.74) is 3.06. The number of fused-ring (bicyclic) bond motifs is 3. The van der Waals surface area contributed by atoms with Crippen LogP contribution >= 0.6 is 0 Å². The van der Waals surface area contributed by atoms with Gasteiger partial charge in [0.05, 0.1) is 18.6 Å². The zero-order chi connectivity index (χ0) is 26.5. The standard InChI is InChI=1S/C29H35F2N3O3/c1-4-8-22(37-23-17-33(18-23)12-7-11-30)14-21(31)15-27-28-25(24-9-5-6-10-26(24)32-28)13-20(3)34(27)16-19(2)29(35)36/h1,5-6,8-10,14,19-20,23,27,32H,7,11-13,15-18H2,2-3H3,(H,35,36)/b21-14+,22-8+. The Kier molecular flexibility index (Phi) is 8.67. The Hall–Kier alpha value is -3.15. The number of H-pyrrole nitrogens is 1. The molecule has 4 rings (SSSR count). The Bertz CT molecular complexity index is 1210. The molecule has 3 unspecified atom stereocenters. The highest BCUT2D eigenvalue weighted by Gasteiger charge is 2.37. The van der Waals surface area contributed by atoms with E-state index in [4.69, 9.17) is 11.2 Å². The van der Waals surface area contributed by atoms with E-state index in [-0.39, 0.29) is 37.0 Å². The summed E-state index contributed by atoms with van der Waals surface area (Å²) in [7, 11) is 0. The first-order valence-corrected chi connectivity index (χ1v) is 12.9. The molecule has 1 fully saturated rings. The fourth-order valence-corrected chi connectivity index (χ4v) is 5.38. The lowest BCUT2D eigenvalue weighted by Gasteiger charge is -2.41. The number of aliphatic carboxylic acids is 1. The number of benzene rings is 1. The van der Waals surface area contributed by atoms with Gasteiger partial charge in [-0.15, -0.1) is 6.42 Å². The zero-order valence-corrected chi connectivity index (χ0v) is 21.4. The molecule has 1 aromatic carbocycles. The van der Waals surface area contributed by atoms with Gasteiger partial charge in [-0.2, -0.15) is 0 Å². The van der Waals surface area contributed by atoms with Crippen molar-refractivity contribution >= 4 is 16.9 Å². The molecular formula is C29H35F2N3O3. The maximum Gasteiger partial charge on any atom is 0.307 e. The van der Waals surface area contributed by atoms with Crippen LogP contribution in [0.15, 0.2) is 48.0 Å². The molecule has 8 heteroatoms. The van der Waals surface area contributed by atoms with Crippen LogP contribution in [0.3, 0.4) is 0 Å². The molecule has 1 saturated heterocycles. The van der Waals surface area contributed by atoms with E-state index in [0.717, 1.165) is 28.6 Å². The highest BCUT2D eigenvalue weighted by molar-refractivity contribution is 5.85. The van der Waals surface area contributed by atoms with E-state index >= 15 is 4.39 Å². The number of allylic oxidation sites excluding steroid dienone is 2. The molecular weight excluding hydrogens is 476 g/mol. The fourth-order valence-electron chi connectivity index (χ4n) is 5.38. The van der Waals surface area contributed by atoms with Crippen LogP contribution in [0.5, 0.6) is 0 Å². The van der Waals surface area contributed by atoms with Gasteiger partial charge in [0.25, 0.3) is 0 Å². The smallest absolute Gasteiger partial charge is 0.307 e. The van der Waals surface area contributed by atoms with Crippen molar-refractivity contribution in [2.24, 2.45) is 5.92 Å². The number of terminal acetylenes is 1. The lowest BCUT2D eigenvalue weighted by atomic mass is 9.89. The van der Waals surface area contributed by atoms with E-state index < -0.39 is 17.7 Å². The van der Waals surface area contributed by atoms with E-state index in [1.165, 1.54) is 12.2 Å². The van der Waals surface area contributed by atoms with Crippen molar-refractivity contribution in [1.29, 1.82) is 0 Å². The van der Waals surface area contributed by atoms with Gasteiger partial charge in [-0.05, 0) is 31.4 Å². The third-order valence-electron chi connectivity index (χ3n) is 7.30. The zero-order valence-electron chi connectivity index (χ0n) is 21.4. The first kappa shape index (κ1) is 26.9. The third-order valence-corrected chi connectivity index (χ3v) is 7.30. The van der Waals surface area contributed by atoms with Gasteiger partial charge in [-0.3, -0.25) is 19.0 Å². The van der Waals surface area contributed by atoms with Crippen LogP contribution in [0.25, 0.3) is 10.9 Å². The molecule has 3 heterocycles. The van der Waals surface area contributed by atoms with Crippen LogP contribution in [0, 0.1) is 18.3 Å². The normalized spacial score (nSPS) is 22.4. The topological polar surface area (TPSA) is 68.8 Å². The fraction of sp³-hybridized carbons (Fsp3) is 0.483. The number of carboxylic acids is 1. The number of carboxylic acid groups (broad SMARTS) is 1. The molecule has 2 aromatic rings. The van der Waals surface area contributed by atoms with Crippen molar-refractivity contribution in [3.63, 3.8) is 0 Å². The van der Waals surface area contributed by atoms with Gasteiger partial charge in [-0.1, -0.05) is 31.0 Å². The molecule has 198 valence electrons. The Balaban J connectivity index is 1.56. The molecule has 6 nitrogen and oxygen atoms in total. The number of aromatic amines is 1. The number of nitrogens with one attached hydrogen (secondary N) is 1. The summed E-state index contributed by atoms with van der Waals surface area (Å²) < 4.78 is 33.9. The molecule has 0 spiro atoms. The van der Waals surface area contributed by atoms with Gasteiger partial charge >= 0.3 is 5.97 Å². The van der Waals surface area contributed by atoms with Crippen LogP contribution in [0.2, 0.25) is 0 Å². The lowest BCUT2D eigenvalue weighted by Crippen LogP contribution is -2.52. The first-order valence-electron chi connectivity index (χ1n) is 12.9. The number of nitrogens with zero attached hydrogens (tertiary/aromatic N) is 2. The van der Waals surface area contributed by atoms with Crippen LogP contribution < -0.4 is 0 Å². The Morgan fingerprint density at radius 1 is 1.38 bits per heavy atom. The van der Waals surface area contributed by atoms with E-state index in [1.807, 2.05) is 18.2 Å². The molecule has 2 N–H and O–H groups in total. The quantitative estimate of drug-likeness (QED) is 0.253.